The van der Waals surface area contributed by atoms with Gasteiger partial charge in [-0.05, 0) is 0 Å². The Labute approximate surface area is 213 Å². The van der Waals surface area contributed by atoms with E-state index in [1.165, 1.54) is 0 Å². The van der Waals surface area contributed by atoms with Crippen LogP contribution in [-0.2, 0) is 74.9 Å². The summed E-state index contributed by atoms with van der Waals surface area (Å²) in [5, 5.41) is 89.3. The van der Waals surface area contributed by atoms with Crippen molar-refractivity contribution in [1.82, 2.24) is 0 Å². The van der Waals surface area contributed by atoms with Gasteiger partial charge >= 0.3 is 0 Å². The first-order chi connectivity index (χ1) is 11.1. The van der Waals surface area contributed by atoms with Gasteiger partial charge in [0.25, 0.3) is 0 Å². The number of hydrogen-bond acceptors (Lipinski definition) is 12. The zero-order valence-electron chi connectivity index (χ0n) is 15.6. The third-order valence-corrected chi connectivity index (χ3v) is 3.73. The molecule has 2 radical (unpaired) electrons. The Morgan fingerprint density at radius 2 is 0.714 bits per heavy atom. The molecule has 10 N–H and O–H groups in total. The van der Waals surface area contributed by atoms with Crippen molar-refractivity contribution in [1.29, 1.82) is 0 Å². The summed E-state index contributed by atoms with van der Waals surface area (Å²) in [6.45, 7) is -1.05. The van der Waals surface area contributed by atoms with Crippen LogP contribution in [0.15, 0.2) is 0 Å². The van der Waals surface area contributed by atoms with Crippen molar-refractivity contribution in [2.45, 2.75) is 61.4 Å². The summed E-state index contributed by atoms with van der Waals surface area (Å²) in [7, 11) is 0. The van der Waals surface area contributed by atoms with Gasteiger partial charge in [-0.15, -0.1) is 0 Å². The van der Waals surface area contributed by atoms with Gasteiger partial charge in [0.05, 0.1) is 13.2 Å². The van der Waals surface area contributed by atoms with Crippen LogP contribution in [0.4, 0.5) is 0 Å². The Morgan fingerprint density at radius 3 is 0.929 bits per heavy atom. The van der Waals surface area contributed by atoms with E-state index in [-0.39, 0.29) is 80.3 Å². The maximum atomic E-state index is 9.12. The summed E-state index contributed by atoms with van der Waals surface area (Å²) in [5.41, 5.74) is 0. The summed E-state index contributed by atoms with van der Waals surface area (Å²) < 4.78 is 9.15. The minimum Gasteiger partial charge on any atom is -0.394 e. The third-order valence-electron chi connectivity index (χ3n) is 3.73. The van der Waals surface area contributed by atoms with Gasteiger partial charge in [-0.1, -0.05) is 0 Å². The second kappa shape index (κ2) is 17.3. The smallest absolute Gasteiger partial charge is 0.184 e. The minimum absolute atomic E-state index is 0. The fourth-order valence-corrected chi connectivity index (χ4v) is 2.16. The van der Waals surface area contributed by atoms with Gasteiger partial charge in [0.2, 0.25) is 0 Å². The van der Waals surface area contributed by atoms with E-state index >= 15 is 0 Å². The van der Waals surface area contributed by atoms with Crippen molar-refractivity contribution in [3.8, 4) is 0 Å². The summed E-state index contributed by atoms with van der Waals surface area (Å²) in [6.07, 6.45) is -14.1. The Bertz CT molecular complexity index is 339. The van der Waals surface area contributed by atoms with Crippen LogP contribution in [0.1, 0.15) is 0 Å². The molecule has 0 amide bonds. The third kappa shape index (κ3) is 9.47. The van der Waals surface area contributed by atoms with Crippen LogP contribution in [-0.4, -0.2) is 126 Å². The van der Waals surface area contributed by atoms with Gasteiger partial charge < -0.3 is 75.4 Å². The van der Waals surface area contributed by atoms with E-state index in [1.54, 1.807) is 0 Å². The maximum Gasteiger partial charge on any atom is 0.184 e. The molecule has 10 unspecified atom stereocenters. The first kappa shape index (κ1) is 37.1. The predicted octanol–water partition coefficient (Wildman–Crippen LogP) is -5.55. The Kier molecular flexibility index (Phi) is 22.9. The van der Waals surface area contributed by atoms with E-state index < -0.39 is 74.6 Å². The fraction of sp³-hybridized carbons (Fsp3) is 0.857. The average molecular weight is 568 g/mol. The number of aliphatic hydroxyl groups is 10. The molecule has 2 saturated heterocycles. The molecule has 0 aromatic heterocycles. The maximum absolute atomic E-state index is 9.12. The molecule has 10 atom stereocenters. The van der Waals surface area contributed by atoms with Crippen molar-refractivity contribution >= 4 is 0 Å². The molecular weight excluding hydrogens is 538 g/mol. The summed E-state index contributed by atoms with van der Waals surface area (Å²) in [6, 6.07) is 0. The van der Waals surface area contributed by atoms with Crippen LogP contribution in [0.5, 0.6) is 0 Å². The van der Waals surface area contributed by atoms with Gasteiger partial charge in [0.15, 0.2) is 12.6 Å². The van der Waals surface area contributed by atoms with Gasteiger partial charge in [-0.25, -0.2) is 0 Å². The molecule has 2 heterocycles. The fourth-order valence-electron chi connectivity index (χ4n) is 2.16. The second-order valence-electron chi connectivity index (χ2n) is 5.44. The topological polar surface area (TPSA) is 221 Å². The first-order valence-corrected chi connectivity index (χ1v) is 7.12. The SMILES string of the molecule is OCC1OC(O)C(O)C(O)C1O.OCC1OC(O)C(O)C(O)C1O.[CH3-].[CH3-].[Y].[Y]. The number of hydrogen-bond donors (Lipinski definition) is 10. The van der Waals surface area contributed by atoms with Gasteiger partial charge in [0, 0.05) is 65.4 Å². The molecular formula is C14H30O12Y2-2. The molecule has 2 aliphatic rings. The van der Waals surface area contributed by atoms with E-state index in [2.05, 4.69) is 9.47 Å². The van der Waals surface area contributed by atoms with Crippen LogP contribution in [0, 0.1) is 14.9 Å². The average Bonchev–Trinajstić information content (AvgIpc) is 2.58. The molecule has 2 fully saturated rings. The molecule has 0 aromatic carbocycles. The van der Waals surface area contributed by atoms with Gasteiger partial charge in [0.1, 0.15) is 48.8 Å². The number of rotatable bonds is 2. The Balaban J connectivity index is -0.000000180. The summed E-state index contributed by atoms with van der Waals surface area (Å²) in [4.78, 5) is 0. The molecule has 28 heavy (non-hydrogen) atoms. The van der Waals surface area contributed by atoms with Crippen LogP contribution in [0.3, 0.4) is 0 Å². The van der Waals surface area contributed by atoms with Gasteiger partial charge in [-0.2, -0.15) is 0 Å². The molecule has 2 rings (SSSR count). The van der Waals surface area contributed by atoms with Crippen LogP contribution in [0.2, 0.25) is 0 Å². The minimum atomic E-state index is -1.57. The van der Waals surface area contributed by atoms with Crippen molar-refractivity contribution in [2.24, 2.45) is 0 Å². The largest absolute Gasteiger partial charge is 0.394 e. The van der Waals surface area contributed by atoms with Crippen molar-refractivity contribution in [2.75, 3.05) is 13.2 Å². The summed E-state index contributed by atoms with van der Waals surface area (Å²) >= 11 is 0. The predicted molar refractivity (Wildman–Crippen MR) is 84.8 cm³/mol. The van der Waals surface area contributed by atoms with Crippen molar-refractivity contribution in [3.05, 3.63) is 14.9 Å². The normalized spacial score (nSPS) is 42.2. The summed E-state index contributed by atoms with van der Waals surface area (Å²) in [5.74, 6) is 0. The molecule has 0 saturated carbocycles. The first-order valence-electron chi connectivity index (χ1n) is 7.12. The molecule has 0 aliphatic carbocycles. The zero-order valence-corrected chi connectivity index (χ0v) is 21.3. The number of aliphatic hydroxyl groups excluding tert-OH is 10. The molecule has 12 nitrogen and oxygen atoms in total. The van der Waals surface area contributed by atoms with Crippen molar-refractivity contribution < 1.29 is 126 Å². The molecule has 0 aromatic rings. The molecule has 0 spiro atoms. The van der Waals surface area contributed by atoms with E-state index in [1.807, 2.05) is 0 Å². The Morgan fingerprint density at radius 1 is 0.464 bits per heavy atom. The van der Waals surface area contributed by atoms with E-state index in [0.717, 1.165) is 0 Å². The van der Waals surface area contributed by atoms with Crippen LogP contribution < -0.4 is 0 Å². The molecule has 166 valence electrons. The standard InChI is InChI=1S/2C6H12O6.2CH3.2Y/c2*7-1-2-3(8)4(9)5(10)6(11)12-2;;;;/h2*2-11H,1H2;2*1H3;;/q;;2*-1;;. The Hall–Kier alpha value is 1.73. The van der Waals surface area contributed by atoms with Crippen molar-refractivity contribution in [3.63, 3.8) is 0 Å². The number of ether oxygens (including phenoxy) is 2. The van der Waals surface area contributed by atoms with Gasteiger partial charge in [-0.3, -0.25) is 0 Å². The van der Waals surface area contributed by atoms with E-state index in [9.17, 15) is 0 Å². The van der Waals surface area contributed by atoms with Crippen LogP contribution in [0.25, 0.3) is 0 Å². The second-order valence-corrected chi connectivity index (χ2v) is 5.44. The molecule has 14 heteroatoms. The monoisotopic (exact) mass is 568 g/mol. The van der Waals surface area contributed by atoms with Crippen LogP contribution >= 0.6 is 0 Å². The molecule has 2 aliphatic heterocycles. The van der Waals surface area contributed by atoms with E-state index in [0.29, 0.717) is 0 Å². The zero-order chi connectivity index (χ0) is 18.6. The van der Waals surface area contributed by atoms with E-state index in [4.69, 9.17) is 51.1 Å². The molecule has 0 bridgehead atoms. The quantitative estimate of drug-likeness (QED) is 0.141.